The molecule has 1 aliphatic carbocycles. The molecule has 6 nitrogen and oxygen atoms in total. The van der Waals surface area contributed by atoms with Crippen LogP contribution in [0.2, 0.25) is 0 Å². The molecule has 2 aromatic heterocycles. The second-order valence-corrected chi connectivity index (χ2v) is 7.22. The Bertz CT molecular complexity index is 894. The van der Waals surface area contributed by atoms with E-state index in [2.05, 4.69) is 25.8 Å². The van der Waals surface area contributed by atoms with Gasteiger partial charge in [-0.05, 0) is 36.6 Å². The maximum absolute atomic E-state index is 12.4. The van der Waals surface area contributed by atoms with Gasteiger partial charge >= 0.3 is 0 Å². The molecule has 1 fully saturated rings. The van der Waals surface area contributed by atoms with Gasteiger partial charge in [0.2, 0.25) is 5.91 Å². The Morgan fingerprint density at radius 3 is 2.52 bits per heavy atom. The van der Waals surface area contributed by atoms with Crippen LogP contribution in [0.5, 0.6) is 0 Å². The molecule has 1 amide bonds. The van der Waals surface area contributed by atoms with E-state index in [1.54, 1.807) is 6.07 Å². The van der Waals surface area contributed by atoms with E-state index in [0.29, 0.717) is 18.3 Å². The Labute approximate surface area is 158 Å². The van der Waals surface area contributed by atoms with Crippen LogP contribution in [0.1, 0.15) is 44.1 Å². The fourth-order valence-corrected chi connectivity index (χ4v) is 3.75. The zero-order valence-electron chi connectivity index (χ0n) is 15.4. The Hall–Kier alpha value is -2.89. The molecule has 27 heavy (non-hydrogen) atoms. The van der Waals surface area contributed by atoms with Crippen molar-refractivity contribution >= 4 is 28.4 Å². The predicted molar refractivity (Wildman–Crippen MR) is 108 cm³/mol. The van der Waals surface area contributed by atoms with Gasteiger partial charge in [0.05, 0.1) is 6.42 Å². The molecule has 3 aromatic rings. The van der Waals surface area contributed by atoms with Crippen molar-refractivity contribution in [3.05, 3.63) is 48.2 Å². The van der Waals surface area contributed by atoms with Crippen LogP contribution in [-0.2, 0) is 11.2 Å². The van der Waals surface area contributed by atoms with Gasteiger partial charge < -0.3 is 15.6 Å². The summed E-state index contributed by atoms with van der Waals surface area (Å²) in [4.78, 5) is 15.5. The lowest BCUT2D eigenvalue weighted by Crippen LogP contribution is -2.20. The summed E-state index contributed by atoms with van der Waals surface area (Å²) in [7, 11) is 0. The van der Waals surface area contributed by atoms with Crippen molar-refractivity contribution in [1.82, 2.24) is 15.2 Å². The smallest absolute Gasteiger partial charge is 0.230 e. The van der Waals surface area contributed by atoms with E-state index in [1.807, 2.05) is 36.5 Å². The zero-order valence-corrected chi connectivity index (χ0v) is 15.4. The van der Waals surface area contributed by atoms with E-state index in [4.69, 9.17) is 0 Å². The third kappa shape index (κ3) is 4.45. The van der Waals surface area contributed by atoms with Crippen LogP contribution in [0.4, 0.5) is 11.6 Å². The first-order chi connectivity index (χ1) is 13.3. The molecule has 0 aliphatic heterocycles. The molecule has 0 bridgehead atoms. The van der Waals surface area contributed by atoms with Crippen molar-refractivity contribution in [2.45, 2.75) is 51.0 Å². The standard InChI is InChI=1S/C21H25N5O/c27-21(13-15-14-22-18-10-6-5-9-17(15)18)24-20-12-11-19(25-26-20)23-16-7-3-1-2-4-8-16/h5-6,9-12,14,16,22H,1-4,7-8,13H2,(H,23,25)(H,24,26,27). The van der Waals surface area contributed by atoms with Crippen molar-refractivity contribution in [3.63, 3.8) is 0 Å². The number of hydrogen-bond acceptors (Lipinski definition) is 4. The van der Waals surface area contributed by atoms with Crippen LogP contribution in [0, 0.1) is 0 Å². The topological polar surface area (TPSA) is 82.7 Å². The van der Waals surface area contributed by atoms with Gasteiger partial charge in [-0.25, -0.2) is 0 Å². The van der Waals surface area contributed by atoms with Gasteiger partial charge in [-0.2, -0.15) is 0 Å². The van der Waals surface area contributed by atoms with E-state index < -0.39 is 0 Å². The molecule has 1 saturated carbocycles. The molecule has 0 radical (unpaired) electrons. The fraction of sp³-hybridized carbons (Fsp3) is 0.381. The third-order valence-corrected chi connectivity index (χ3v) is 5.17. The first-order valence-electron chi connectivity index (χ1n) is 9.73. The van der Waals surface area contributed by atoms with Gasteiger partial charge in [0.15, 0.2) is 5.82 Å². The van der Waals surface area contributed by atoms with E-state index in [0.717, 1.165) is 22.3 Å². The van der Waals surface area contributed by atoms with Crippen molar-refractivity contribution in [2.75, 3.05) is 10.6 Å². The number of anilines is 2. The summed E-state index contributed by atoms with van der Waals surface area (Å²) in [5.41, 5.74) is 2.01. The summed E-state index contributed by atoms with van der Waals surface area (Å²) in [6.45, 7) is 0. The molecule has 4 rings (SSSR count). The lowest BCUT2D eigenvalue weighted by atomic mass is 10.1. The van der Waals surface area contributed by atoms with Gasteiger partial charge in [0.1, 0.15) is 5.82 Å². The summed E-state index contributed by atoms with van der Waals surface area (Å²) < 4.78 is 0. The van der Waals surface area contributed by atoms with Crippen molar-refractivity contribution < 1.29 is 4.79 Å². The predicted octanol–water partition coefficient (Wildman–Crippen LogP) is 4.27. The monoisotopic (exact) mass is 363 g/mol. The van der Waals surface area contributed by atoms with Crippen LogP contribution in [-0.4, -0.2) is 27.1 Å². The largest absolute Gasteiger partial charge is 0.366 e. The van der Waals surface area contributed by atoms with E-state index >= 15 is 0 Å². The number of amides is 1. The number of carbonyl (C=O) groups is 1. The number of benzene rings is 1. The number of aromatic amines is 1. The van der Waals surface area contributed by atoms with Gasteiger partial charge in [-0.3, -0.25) is 4.79 Å². The molecule has 1 aliphatic rings. The molecule has 1 aromatic carbocycles. The zero-order chi connectivity index (χ0) is 18.5. The van der Waals surface area contributed by atoms with Gasteiger partial charge in [-0.15, -0.1) is 10.2 Å². The Morgan fingerprint density at radius 2 is 1.74 bits per heavy atom. The fourth-order valence-electron chi connectivity index (χ4n) is 3.75. The highest BCUT2D eigenvalue weighted by atomic mass is 16.1. The number of rotatable bonds is 5. The van der Waals surface area contributed by atoms with Crippen molar-refractivity contribution in [3.8, 4) is 0 Å². The molecular formula is C21H25N5O. The molecule has 3 N–H and O–H groups in total. The molecule has 2 heterocycles. The van der Waals surface area contributed by atoms with Crippen LogP contribution in [0.3, 0.4) is 0 Å². The number of carbonyl (C=O) groups excluding carboxylic acids is 1. The number of para-hydroxylation sites is 1. The van der Waals surface area contributed by atoms with E-state index in [1.165, 1.54) is 38.5 Å². The number of nitrogens with one attached hydrogen (secondary N) is 3. The lowest BCUT2D eigenvalue weighted by molar-refractivity contribution is -0.115. The highest BCUT2D eigenvalue weighted by Crippen LogP contribution is 2.21. The first kappa shape index (κ1) is 17.5. The van der Waals surface area contributed by atoms with Crippen LogP contribution >= 0.6 is 0 Å². The average Bonchev–Trinajstić information content (AvgIpc) is 2.90. The maximum atomic E-state index is 12.4. The summed E-state index contributed by atoms with van der Waals surface area (Å²) in [6, 6.07) is 12.1. The third-order valence-electron chi connectivity index (χ3n) is 5.17. The summed E-state index contributed by atoms with van der Waals surface area (Å²) in [6.07, 6.45) is 9.75. The number of aromatic nitrogens is 3. The number of hydrogen-bond donors (Lipinski definition) is 3. The number of nitrogens with zero attached hydrogens (tertiary/aromatic N) is 2. The molecule has 0 atom stereocenters. The molecule has 0 unspecified atom stereocenters. The highest BCUT2D eigenvalue weighted by Gasteiger charge is 2.13. The molecule has 6 heteroatoms. The van der Waals surface area contributed by atoms with Crippen molar-refractivity contribution in [2.24, 2.45) is 0 Å². The minimum atomic E-state index is -0.0986. The van der Waals surface area contributed by atoms with E-state index in [9.17, 15) is 4.79 Å². The van der Waals surface area contributed by atoms with Gasteiger partial charge in [0.25, 0.3) is 0 Å². The second-order valence-electron chi connectivity index (χ2n) is 7.22. The normalized spacial score (nSPS) is 15.4. The minimum absolute atomic E-state index is 0.0986. The second kappa shape index (κ2) is 8.20. The summed E-state index contributed by atoms with van der Waals surface area (Å²) in [5.74, 6) is 1.15. The quantitative estimate of drug-likeness (QED) is 0.591. The molecule has 0 saturated heterocycles. The van der Waals surface area contributed by atoms with Gasteiger partial charge in [-0.1, -0.05) is 43.9 Å². The maximum Gasteiger partial charge on any atom is 0.230 e. The molecular weight excluding hydrogens is 338 g/mol. The molecule has 0 spiro atoms. The molecule has 140 valence electrons. The SMILES string of the molecule is O=C(Cc1c[nH]c2ccccc12)Nc1ccc(NC2CCCCCC2)nn1. The Morgan fingerprint density at radius 1 is 1.00 bits per heavy atom. The minimum Gasteiger partial charge on any atom is -0.366 e. The van der Waals surface area contributed by atoms with Crippen LogP contribution in [0.25, 0.3) is 10.9 Å². The summed E-state index contributed by atoms with van der Waals surface area (Å²) in [5, 5.41) is 15.7. The first-order valence-corrected chi connectivity index (χ1v) is 9.73. The highest BCUT2D eigenvalue weighted by molar-refractivity contribution is 5.95. The summed E-state index contributed by atoms with van der Waals surface area (Å²) >= 11 is 0. The Balaban J connectivity index is 1.34. The van der Waals surface area contributed by atoms with Crippen LogP contribution in [0.15, 0.2) is 42.6 Å². The van der Waals surface area contributed by atoms with Gasteiger partial charge in [0, 0.05) is 23.1 Å². The van der Waals surface area contributed by atoms with Crippen molar-refractivity contribution in [1.29, 1.82) is 0 Å². The average molecular weight is 363 g/mol. The number of fused-ring (bicyclic) bond motifs is 1. The van der Waals surface area contributed by atoms with Crippen LogP contribution < -0.4 is 10.6 Å². The van der Waals surface area contributed by atoms with E-state index in [-0.39, 0.29) is 5.91 Å². The Kier molecular flexibility index (Phi) is 5.32. The number of H-pyrrole nitrogens is 1. The lowest BCUT2D eigenvalue weighted by Gasteiger charge is -2.16.